The minimum Gasteiger partial charge on any atom is -0.465 e. The molecule has 2 heterocycles. The number of nitrogens with one attached hydrogen (secondary N) is 3. The molecule has 5 rings (SSSR count). The highest BCUT2D eigenvalue weighted by Crippen LogP contribution is 2.40. The Morgan fingerprint density at radius 3 is 2.42 bits per heavy atom. The molecule has 1 amide bonds. The summed E-state index contributed by atoms with van der Waals surface area (Å²) in [4.78, 5) is 16.6. The van der Waals surface area contributed by atoms with Crippen molar-refractivity contribution < 1.29 is 18.3 Å². The molecule has 0 aliphatic heterocycles. The van der Waals surface area contributed by atoms with Crippen LogP contribution in [0.4, 0.5) is 4.79 Å². The number of fused-ring (bicyclic) bond motifs is 1. The molecular formula is C26H30N6O4S2. The number of aromatic nitrogens is 4. The molecule has 0 radical (unpaired) electrons. The van der Waals surface area contributed by atoms with Gasteiger partial charge in [0.1, 0.15) is 11.0 Å². The van der Waals surface area contributed by atoms with Crippen LogP contribution in [0, 0.1) is 0 Å². The molecule has 1 saturated carbocycles. The fourth-order valence-corrected chi connectivity index (χ4v) is 7.72. The molecular weight excluding hydrogens is 524 g/mol. The Morgan fingerprint density at radius 2 is 1.71 bits per heavy atom. The minimum absolute atomic E-state index is 0.0348. The van der Waals surface area contributed by atoms with Gasteiger partial charge < -0.3 is 10.4 Å². The predicted octanol–water partition coefficient (Wildman–Crippen LogP) is 5.12. The van der Waals surface area contributed by atoms with Crippen molar-refractivity contribution >= 4 is 38.5 Å². The van der Waals surface area contributed by atoms with Gasteiger partial charge >= 0.3 is 6.09 Å². The van der Waals surface area contributed by atoms with Gasteiger partial charge in [-0.25, -0.2) is 22.9 Å². The van der Waals surface area contributed by atoms with E-state index < -0.39 is 21.7 Å². The number of hydrogen-bond donors (Lipinski definition) is 4. The summed E-state index contributed by atoms with van der Waals surface area (Å²) in [5.41, 5.74) is 2.95. The first kappa shape index (κ1) is 26.3. The molecule has 0 atom stereocenters. The predicted molar refractivity (Wildman–Crippen MR) is 147 cm³/mol. The Labute approximate surface area is 224 Å². The van der Waals surface area contributed by atoms with Crippen LogP contribution in [-0.2, 0) is 10.0 Å². The summed E-state index contributed by atoms with van der Waals surface area (Å²) >= 11 is 1.50. The molecule has 1 fully saturated rings. The standard InChI is InChI=1S/C26H30N6O4S2/c1-26(2,3)31-38(35,36)23-13-17(16-7-11-20-21(12-16)30-32-29-20)6-10-19(23)22-14-27-24(37-22)15-4-8-18(9-5-15)28-25(33)34/h6-7,10-15,18,28,31H,4-5,8-9H2,1-3H3,(H,33,34)(H,29,30,32). The molecule has 0 spiro atoms. The van der Waals surface area contributed by atoms with Crippen molar-refractivity contribution in [1.82, 2.24) is 30.4 Å². The van der Waals surface area contributed by atoms with Gasteiger partial charge in [-0.05, 0) is 75.8 Å². The van der Waals surface area contributed by atoms with Gasteiger partial charge in [-0.2, -0.15) is 15.4 Å². The molecule has 2 aromatic carbocycles. The second kappa shape index (κ2) is 10.1. The van der Waals surface area contributed by atoms with Gasteiger partial charge in [0.25, 0.3) is 0 Å². The van der Waals surface area contributed by atoms with E-state index in [0.717, 1.165) is 52.2 Å². The van der Waals surface area contributed by atoms with Gasteiger partial charge in [0.05, 0.1) is 14.8 Å². The zero-order valence-corrected chi connectivity index (χ0v) is 23.0. The highest BCUT2D eigenvalue weighted by atomic mass is 32.2. The quantitative estimate of drug-likeness (QED) is 0.258. The number of carboxylic acid groups (broad SMARTS) is 1. The van der Waals surface area contributed by atoms with Crippen LogP contribution < -0.4 is 10.0 Å². The molecule has 4 aromatic rings. The van der Waals surface area contributed by atoms with E-state index >= 15 is 0 Å². The Balaban J connectivity index is 1.50. The third-order valence-corrected chi connectivity index (χ3v) is 9.55. The molecule has 10 nitrogen and oxygen atoms in total. The van der Waals surface area contributed by atoms with E-state index in [1.54, 1.807) is 12.3 Å². The molecule has 0 bridgehead atoms. The van der Waals surface area contributed by atoms with Gasteiger partial charge in [-0.1, -0.05) is 18.2 Å². The van der Waals surface area contributed by atoms with E-state index in [1.807, 2.05) is 51.1 Å². The molecule has 0 saturated heterocycles. The van der Waals surface area contributed by atoms with Crippen molar-refractivity contribution in [2.45, 2.75) is 68.8 Å². The number of H-pyrrole nitrogens is 1. The van der Waals surface area contributed by atoms with Crippen molar-refractivity contribution in [3.05, 3.63) is 47.6 Å². The van der Waals surface area contributed by atoms with Crippen molar-refractivity contribution in [3.8, 4) is 21.6 Å². The van der Waals surface area contributed by atoms with Gasteiger partial charge in [-0.3, -0.25) is 0 Å². The van der Waals surface area contributed by atoms with Crippen LogP contribution in [0.1, 0.15) is 57.4 Å². The van der Waals surface area contributed by atoms with E-state index in [2.05, 4.69) is 30.4 Å². The van der Waals surface area contributed by atoms with E-state index in [9.17, 15) is 13.2 Å². The van der Waals surface area contributed by atoms with Crippen LogP contribution in [0.2, 0.25) is 0 Å². The first-order valence-corrected chi connectivity index (χ1v) is 14.7. The SMILES string of the molecule is CC(C)(C)NS(=O)(=O)c1cc(-c2ccc3n[nH]nc3c2)ccc1-c1cnc(C2CCC(NC(=O)O)CC2)s1. The molecule has 38 heavy (non-hydrogen) atoms. The summed E-state index contributed by atoms with van der Waals surface area (Å²) in [5, 5.41) is 23.3. The normalized spacial score (nSPS) is 18.5. The molecule has 4 N–H and O–H groups in total. The van der Waals surface area contributed by atoms with Gasteiger partial charge in [-0.15, -0.1) is 11.3 Å². The fraction of sp³-hybridized carbons (Fsp3) is 0.385. The molecule has 1 aliphatic rings. The zero-order valence-electron chi connectivity index (χ0n) is 21.4. The Morgan fingerprint density at radius 1 is 1.03 bits per heavy atom. The van der Waals surface area contributed by atoms with Crippen LogP contribution in [-0.4, -0.2) is 51.6 Å². The maximum Gasteiger partial charge on any atom is 0.404 e. The fourth-order valence-electron chi connectivity index (χ4n) is 4.87. The molecule has 1 aliphatic carbocycles. The van der Waals surface area contributed by atoms with Crippen molar-refractivity contribution in [2.75, 3.05) is 0 Å². The summed E-state index contributed by atoms with van der Waals surface area (Å²) in [6.07, 6.45) is 3.92. The van der Waals surface area contributed by atoms with Crippen LogP contribution in [0.5, 0.6) is 0 Å². The van der Waals surface area contributed by atoms with Gasteiger partial charge in [0, 0.05) is 29.3 Å². The number of amides is 1. The maximum absolute atomic E-state index is 13.6. The largest absolute Gasteiger partial charge is 0.465 e. The molecule has 200 valence electrons. The summed E-state index contributed by atoms with van der Waals surface area (Å²) in [7, 11) is -3.86. The third kappa shape index (κ3) is 5.71. The minimum atomic E-state index is -3.86. The van der Waals surface area contributed by atoms with Crippen LogP contribution in [0.3, 0.4) is 0 Å². The smallest absolute Gasteiger partial charge is 0.404 e. The van der Waals surface area contributed by atoms with Crippen molar-refractivity contribution in [2.24, 2.45) is 0 Å². The number of carbonyl (C=O) groups is 1. The maximum atomic E-state index is 13.6. The summed E-state index contributed by atoms with van der Waals surface area (Å²) < 4.78 is 30.0. The lowest BCUT2D eigenvalue weighted by Gasteiger charge is -2.27. The lowest BCUT2D eigenvalue weighted by atomic mass is 9.86. The molecule has 0 unspecified atom stereocenters. The van der Waals surface area contributed by atoms with E-state index in [0.29, 0.717) is 11.1 Å². The average Bonchev–Trinajstić information content (AvgIpc) is 3.52. The number of aromatic amines is 1. The highest BCUT2D eigenvalue weighted by molar-refractivity contribution is 7.89. The average molecular weight is 555 g/mol. The van der Waals surface area contributed by atoms with E-state index in [-0.39, 0.29) is 16.9 Å². The van der Waals surface area contributed by atoms with Crippen LogP contribution >= 0.6 is 11.3 Å². The zero-order chi connectivity index (χ0) is 27.1. The number of nitrogens with zero attached hydrogens (tertiary/aromatic N) is 3. The Bertz CT molecular complexity index is 1580. The number of benzene rings is 2. The molecule has 2 aromatic heterocycles. The van der Waals surface area contributed by atoms with Crippen molar-refractivity contribution in [1.29, 1.82) is 0 Å². The molecule has 12 heteroatoms. The first-order valence-electron chi connectivity index (χ1n) is 12.4. The van der Waals surface area contributed by atoms with E-state index in [4.69, 9.17) is 5.11 Å². The lowest BCUT2D eigenvalue weighted by molar-refractivity contribution is 0.185. The number of thiazole rings is 1. The van der Waals surface area contributed by atoms with Crippen LogP contribution in [0.15, 0.2) is 47.5 Å². The summed E-state index contributed by atoms with van der Waals surface area (Å²) in [5.74, 6) is 0.224. The number of rotatable bonds is 6. The Hall–Kier alpha value is -3.35. The topological polar surface area (TPSA) is 150 Å². The summed E-state index contributed by atoms with van der Waals surface area (Å²) in [6.45, 7) is 5.44. The second-order valence-electron chi connectivity index (χ2n) is 10.7. The lowest BCUT2D eigenvalue weighted by Crippen LogP contribution is -2.40. The third-order valence-electron chi connectivity index (χ3n) is 6.55. The van der Waals surface area contributed by atoms with Crippen LogP contribution in [0.25, 0.3) is 32.6 Å². The highest BCUT2D eigenvalue weighted by Gasteiger charge is 2.29. The monoisotopic (exact) mass is 554 g/mol. The van der Waals surface area contributed by atoms with Gasteiger partial charge in [0.2, 0.25) is 10.0 Å². The number of hydrogen-bond acceptors (Lipinski definition) is 7. The number of sulfonamides is 1. The van der Waals surface area contributed by atoms with E-state index in [1.165, 1.54) is 11.3 Å². The van der Waals surface area contributed by atoms with Crippen molar-refractivity contribution in [3.63, 3.8) is 0 Å². The van der Waals surface area contributed by atoms with Gasteiger partial charge in [0.15, 0.2) is 0 Å². The Kier molecular flexibility index (Phi) is 6.97. The summed E-state index contributed by atoms with van der Waals surface area (Å²) in [6, 6.07) is 11.0. The second-order valence-corrected chi connectivity index (χ2v) is 13.4. The first-order chi connectivity index (χ1) is 18.0.